The molecule has 4 heterocycles. The molecule has 192 valence electrons. The Morgan fingerprint density at radius 2 is 1.82 bits per heavy atom. The van der Waals surface area contributed by atoms with Crippen LogP contribution >= 0.6 is 0 Å². The van der Waals surface area contributed by atoms with Crippen molar-refractivity contribution in [2.45, 2.75) is 26.5 Å². The number of benzene rings is 1. The fourth-order valence-corrected chi connectivity index (χ4v) is 4.68. The predicted molar refractivity (Wildman–Crippen MR) is 143 cm³/mol. The monoisotopic (exact) mass is 520 g/mol. The van der Waals surface area contributed by atoms with E-state index in [1.165, 1.54) is 24.7 Å². The highest BCUT2D eigenvalue weighted by Crippen LogP contribution is 2.44. The zero-order chi connectivity index (χ0) is 28.1. The van der Waals surface area contributed by atoms with Gasteiger partial charge in [-0.15, -0.1) is 6.42 Å². The number of terminal acetylenes is 1. The Balaban J connectivity index is 1.81. The summed E-state index contributed by atoms with van der Waals surface area (Å²) in [6.45, 7) is 5.45. The summed E-state index contributed by atoms with van der Waals surface area (Å²) in [5.74, 6) is 1.76. The van der Waals surface area contributed by atoms with Gasteiger partial charge in [-0.3, -0.25) is 0 Å². The standard InChI is InChI=1S/C28H22BFN6O3/c1-6-18-11-14(2)21(16(4)35-18)24-22(23-25(28(29,37)38)32-13-33-26(23)36(24)5)17-7-8-20(19(30)12-17)39-27-31-10-9-15(3)34-27/h1,7-13,37-38H,2-5H3. The number of aromatic nitrogens is 6. The third kappa shape index (κ3) is 4.61. The van der Waals surface area contributed by atoms with Gasteiger partial charge in [-0.05, 0) is 56.2 Å². The van der Waals surface area contributed by atoms with Crippen molar-refractivity contribution >= 4 is 18.9 Å². The minimum absolute atomic E-state index is 0.00240. The van der Waals surface area contributed by atoms with E-state index >= 15 is 4.39 Å². The smallest absolute Gasteiger partial charge is 0.322 e. The number of rotatable bonds is 5. The van der Waals surface area contributed by atoms with Crippen LogP contribution in [-0.2, 0) is 12.7 Å². The maximum atomic E-state index is 15.5. The summed E-state index contributed by atoms with van der Waals surface area (Å²) in [5.41, 5.74) is 1.94. The highest BCUT2D eigenvalue weighted by molar-refractivity contribution is 6.16. The zero-order valence-corrected chi connectivity index (χ0v) is 21.6. The van der Waals surface area contributed by atoms with Gasteiger partial charge in [0, 0.05) is 35.8 Å². The first kappa shape index (κ1) is 26.0. The second-order valence-corrected chi connectivity index (χ2v) is 9.09. The lowest BCUT2D eigenvalue weighted by molar-refractivity contribution is -0.0931. The summed E-state index contributed by atoms with van der Waals surface area (Å²) < 4.78 is 22.8. The fraction of sp³-hybridized carbons (Fsp3) is 0.179. The van der Waals surface area contributed by atoms with Gasteiger partial charge in [0.25, 0.3) is 0 Å². The second-order valence-electron chi connectivity index (χ2n) is 9.09. The van der Waals surface area contributed by atoms with Gasteiger partial charge in [-0.25, -0.2) is 29.3 Å². The van der Waals surface area contributed by atoms with Crippen LogP contribution < -0.4 is 4.74 Å². The maximum absolute atomic E-state index is 15.5. The molecule has 4 aromatic heterocycles. The van der Waals surface area contributed by atoms with E-state index in [1.807, 2.05) is 13.8 Å². The van der Waals surface area contributed by atoms with E-state index in [4.69, 9.17) is 19.0 Å². The molecule has 11 heteroatoms. The van der Waals surface area contributed by atoms with E-state index in [0.29, 0.717) is 45.1 Å². The van der Waals surface area contributed by atoms with E-state index in [9.17, 15) is 10.2 Å². The van der Waals surface area contributed by atoms with Crippen molar-refractivity contribution < 1.29 is 19.3 Å². The van der Waals surface area contributed by atoms with E-state index in [-0.39, 0.29) is 22.8 Å². The highest BCUT2D eigenvalue weighted by atomic mass is 19.1. The van der Waals surface area contributed by atoms with Gasteiger partial charge in [-0.1, -0.05) is 12.0 Å². The molecule has 5 aromatic rings. The second kappa shape index (κ2) is 9.58. The van der Waals surface area contributed by atoms with Gasteiger partial charge >= 0.3 is 6.01 Å². The Labute approximate surface area is 224 Å². The first-order chi connectivity index (χ1) is 18.5. The highest BCUT2D eigenvalue weighted by Gasteiger charge is 2.31. The van der Waals surface area contributed by atoms with Crippen LogP contribution in [0.15, 0.2) is 42.9 Å². The Kier molecular flexibility index (Phi) is 6.38. The van der Waals surface area contributed by atoms with Gasteiger partial charge in [0.05, 0.1) is 11.1 Å². The third-order valence-electron chi connectivity index (χ3n) is 6.29. The summed E-state index contributed by atoms with van der Waals surface area (Å²) in [5, 5.41) is 21.0. The molecule has 0 spiro atoms. The average Bonchev–Trinajstić information content (AvgIpc) is 3.16. The van der Waals surface area contributed by atoms with Crippen molar-refractivity contribution in [3.8, 4) is 46.5 Å². The average molecular weight is 520 g/mol. The van der Waals surface area contributed by atoms with Crippen molar-refractivity contribution in [1.29, 1.82) is 0 Å². The molecule has 2 radical (unpaired) electrons. The molecule has 5 rings (SSSR count). The van der Waals surface area contributed by atoms with Gasteiger partial charge in [0.2, 0.25) is 0 Å². The molecule has 2 N–H and O–H groups in total. The minimum Gasteiger partial charge on any atom is -0.421 e. The Morgan fingerprint density at radius 3 is 2.46 bits per heavy atom. The summed E-state index contributed by atoms with van der Waals surface area (Å²) in [6, 6.07) is 7.80. The quantitative estimate of drug-likeness (QED) is 0.205. The van der Waals surface area contributed by atoms with Crippen LogP contribution in [0.4, 0.5) is 4.39 Å². The number of aliphatic hydroxyl groups is 2. The van der Waals surface area contributed by atoms with Crippen molar-refractivity contribution in [3.05, 3.63) is 77.0 Å². The molecule has 0 bridgehead atoms. The molecule has 39 heavy (non-hydrogen) atoms. The largest absolute Gasteiger partial charge is 0.421 e. The number of ether oxygens (including phenoxy) is 1. The molecule has 0 amide bonds. The number of hydrogen-bond acceptors (Lipinski definition) is 8. The molecular formula is C28H22BFN6O3. The molecule has 0 saturated heterocycles. The molecule has 0 unspecified atom stereocenters. The first-order valence-corrected chi connectivity index (χ1v) is 11.8. The molecular weight excluding hydrogens is 498 g/mol. The number of hydrogen-bond donors (Lipinski definition) is 2. The number of nitrogens with zero attached hydrogens (tertiary/aromatic N) is 6. The lowest BCUT2D eigenvalue weighted by Crippen LogP contribution is -2.26. The first-order valence-electron chi connectivity index (χ1n) is 11.8. The number of fused-ring (bicyclic) bond motifs is 1. The normalized spacial score (nSPS) is 11.5. The Hall–Kier alpha value is -4.66. The number of aryl methyl sites for hydroxylation is 4. The molecule has 0 saturated carbocycles. The Bertz CT molecular complexity index is 1780. The van der Waals surface area contributed by atoms with E-state index in [2.05, 4.69) is 30.8 Å². The molecule has 0 aliphatic rings. The van der Waals surface area contributed by atoms with Crippen LogP contribution in [-0.4, -0.2) is 47.5 Å². The molecule has 1 aromatic carbocycles. The van der Waals surface area contributed by atoms with Crippen LogP contribution in [0.2, 0.25) is 0 Å². The predicted octanol–water partition coefficient (Wildman–Crippen LogP) is 3.59. The van der Waals surface area contributed by atoms with Crippen molar-refractivity contribution in [3.63, 3.8) is 0 Å². The van der Waals surface area contributed by atoms with Crippen LogP contribution in [0.5, 0.6) is 11.8 Å². The van der Waals surface area contributed by atoms with E-state index in [1.54, 1.807) is 36.7 Å². The lowest BCUT2D eigenvalue weighted by Gasteiger charge is -2.18. The molecule has 0 aliphatic heterocycles. The maximum Gasteiger partial charge on any atom is 0.322 e. The summed E-state index contributed by atoms with van der Waals surface area (Å²) in [6.07, 6.45) is 8.28. The summed E-state index contributed by atoms with van der Waals surface area (Å²) in [7, 11) is 7.44. The van der Waals surface area contributed by atoms with Crippen molar-refractivity contribution in [2.24, 2.45) is 7.05 Å². The Morgan fingerprint density at radius 1 is 1.05 bits per heavy atom. The van der Waals surface area contributed by atoms with Gasteiger partial charge in [-0.2, -0.15) is 0 Å². The minimum atomic E-state index is -2.80. The zero-order valence-electron chi connectivity index (χ0n) is 21.6. The number of pyridine rings is 1. The van der Waals surface area contributed by atoms with Crippen molar-refractivity contribution in [1.82, 2.24) is 29.5 Å². The topological polar surface area (TPSA) is 119 Å². The number of halogens is 1. The van der Waals surface area contributed by atoms with E-state index < -0.39 is 11.5 Å². The van der Waals surface area contributed by atoms with Crippen LogP contribution in [0.25, 0.3) is 33.4 Å². The summed E-state index contributed by atoms with van der Waals surface area (Å²) >= 11 is 0. The molecule has 0 aliphatic carbocycles. The van der Waals surface area contributed by atoms with Gasteiger partial charge in [0.15, 0.2) is 25.1 Å². The summed E-state index contributed by atoms with van der Waals surface area (Å²) in [4.78, 5) is 21.1. The van der Waals surface area contributed by atoms with Gasteiger partial charge < -0.3 is 19.5 Å². The molecule has 9 nitrogen and oxygen atoms in total. The third-order valence-corrected chi connectivity index (χ3v) is 6.29. The van der Waals surface area contributed by atoms with Crippen molar-refractivity contribution in [2.75, 3.05) is 0 Å². The SMILES string of the molecule is [B]C(O)(O)c1ncnc2c1c(-c1ccc(Oc3nccc(C)n3)c(F)c1)c(-c1c(C)cc(C#C)nc1C)n2C. The lowest BCUT2D eigenvalue weighted by atomic mass is 9.87. The fourth-order valence-electron chi connectivity index (χ4n) is 4.68. The molecule has 0 fully saturated rings. The van der Waals surface area contributed by atoms with Crippen LogP contribution in [0, 0.1) is 38.9 Å². The van der Waals surface area contributed by atoms with Crippen LogP contribution in [0.1, 0.15) is 28.3 Å². The molecule has 0 atom stereocenters. The van der Waals surface area contributed by atoms with Gasteiger partial charge in [0.1, 0.15) is 23.4 Å². The van der Waals surface area contributed by atoms with E-state index in [0.717, 1.165) is 5.56 Å². The van der Waals surface area contributed by atoms with Crippen LogP contribution in [0.3, 0.4) is 0 Å².